The monoisotopic (exact) mass is 366 g/mol. The van der Waals surface area contributed by atoms with Gasteiger partial charge < -0.3 is 20.1 Å². The van der Waals surface area contributed by atoms with Crippen LogP contribution in [0, 0.1) is 11.3 Å². The number of carboxylic acids is 1. The van der Waals surface area contributed by atoms with Crippen LogP contribution in [0.3, 0.4) is 0 Å². The second-order valence-corrected chi connectivity index (χ2v) is 7.24. The van der Waals surface area contributed by atoms with Crippen LogP contribution in [0.2, 0.25) is 5.02 Å². The van der Waals surface area contributed by atoms with Gasteiger partial charge in [0.15, 0.2) is 0 Å². The Balaban J connectivity index is 1.48. The van der Waals surface area contributed by atoms with Gasteiger partial charge in [-0.25, -0.2) is 0 Å². The average Bonchev–Trinajstić information content (AvgIpc) is 2.99. The summed E-state index contributed by atoms with van der Waals surface area (Å²) >= 11 is 6.08. The molecule has 2 aliphatic heterocycles. The van der Waals surface area contributed by atoms with Crippen LogP contribution in [0.25, 0.3) is 0 Å². The van der Waals surface area contributed by atoms with Gasteiger partial charge in [0, 0.05) is 50.1 Å². The van der Waals surface area contributed by atoms with Crippen LogP contribution in [-0.2, 0) is 20.9 Å². The molecule has 2 fully saturated rings. The summed E-state index contributed by atoms with van der Waals surface area (Å²) in [4.78, 5) is 25.9. The van der Waals surface area contributed by atoms with Gasteiger partial charge in [0.05, 0.1) is 12.0 Å². The van der Waals surface area contributed by atoms with Crippen molar-refractivity contribution in [3.8, 4) is 0 Å². The van der Waals surface area contributed by atoms with Crippen molar-refractivity contribution in [1.29, 1.82) is 0 Å². The smallest absolute Gasteiger partial charge is 0.311 e. The van der Waals surface area contributed by atoms with Crippen LogP contribution < -0.4 is 5.32 Å². The number of benzene rings is 1. The number of fused-ring (bicyclic) bond motifs is 1. The van der Waals surface area contributed by atoms with Crippen molar-refractivity contribution in [3.63, 3.8) is 0 Å². The first kappa shape index (κ1) is 18.2. The predicted octanol–water partition coefficient (Wildman–Crippen LogP) is 1.77. The van der Waals surface area contributed by atoms with Gasteiger partial charge in [0.25, 0.3) is 0 Å². The summed E-state index contributed by atoms with van der Waals surface area (Å²) in [5.41, 5.74) is 0.165. The van der Waals surface area contributed by atoms with E-state index < -0.39 is 11.4 Å². The van der Waals surface area contributed by atoms with Gasteiger partial charge in [0.2, 0.25) is 5.91 Å². The second-order valence-electron chi connectivity index (χ2n) is 6.84. The molecule has 2 heterocycles. The van der Waals surface area contributed by atoms with Crippen molar-refractivity contribution in [2.75, 3.05) is 32.8 Å². The molecule has 0 saturated carbocycles. The average molecular weight is 367 g/mol. The number of aliphatic carboxylic acids is 1. The highest BCUT2D eigenvalue weighted by Gasteiger charge is 2.53. The van der Waals surface area contributed by atoms with Crippen LogP contribution in [0.5, 0.6) is 0 Å². The number of likely N-dealkylation sites (tertiary alicyclic amines) is 1. The number of nitrogens with zero attached hydrogens (tertiary/aromatic N) is 1. The zero-order chi connectivity index (χ0) is 17.9. The molecule has 0 radical (unpaired) electrons. The number of carbonyl (C=O) groups is 2. The zero-order valence-corrected chi connectivity index (χ0v) is 14.8. The molecule has 136 valence electrons. The maximum absolute atomic E-state index is 12.1. The molecule has 2 atom stereocenters. The van der Waals surface area contributed by atoms with Gasteiger partial charge in [-0.1, -0.05) is 29.8 Å². The molecule has 0 bridgehead atoms. The Kier molecular flexibility index (Phi) is 5.61. The first-order chi connectivity index (χ1) is 12.0. The third kappa shape index (κ3) is 3.97. The van der Waals surface area contributed by atoms with E-state index in [2.05, 4.69) is 10.2 Å². The number of hydrogen-bond donors (Lipinski definition) is 2. The third-order valence-electron chi connectivity index (χ3n) is 5.29. The minimum atomic E-state index is -0.744. The predicted molar refractivity (Wildman–Crippen MR) is 93.4 cm³/mol. The molecule has 1 amide bonds. The Morgan fingerprint density at radius 3 is 2.92 bits per heavy atom. The summed E-state index contributed by atoms with van der Waals surface area (Å²) in [6.07, 6.45) is 0.885. The molecule has 2 aliphatic rings. The number of nitrogens with one attached hydrogen (secondary N) is 1. The molecule has 1 aromatic rings. The molecule has 2 saturated heterocycles. The SMILES string of the molecule is O=C(CCN1C[C@@H]2COCC[C@]2(C(=O)O)C1)NCc1ccccc1Cl. The summed E-state index contributed by atoms with van der Waals surface area (Å²) in [7, 11) is 0. The number of hydrogen-bond acceptors (Lipinski definition) is 4. The van der Waals surface area contributed by atoms with Gasteiger partial charge in [-0.2, -0.15) is 0 Å². The highest BCUT2D eigenvalue weighted by molar-refractivity contribution is 6.31. The maximum atomic E-state index is 12.1. The molecule has 0 unspecified atom stereocenters. The van der Waals surface area contributed by atoms with Crippen LogP contribution in [-0.4, -0.2) is 54.7 Å². The molecule has 7 heteroatoms. The molecule has 0 aromatic heterocycles. The topological polar surface area (TPSA) is 78.9 Å². The molecule has 3 rings (SSSR count). The largest absolute Gasteiger partial charge is 0.481 e. The Labute approximate surface area is 152 Å². The lowest BCUT2D eigenvalue weighted by molar-refractivity contribution is -0.157. The highest BCUT2D eigenvalue weighted by atomic mass is 35.5. The Morgan fingerprint density at radius 2 is 2.20 bits per heavy atom. The maximum Gasteiger partial charge on any atom is 0.311 e. The van der Waals surface area contributed by atoms with Crippen LogP contribution in [0.15, 0.2) is 24.3 Å². The quantitative estimate of drug-likeness (QED) is 0.802. The Bertz CT molecular complexity index is 654. The van der Waals surface area contributed by atoms with E-state index in [-0.39, 0.29) is 11.8 Å². The van der Waals surface area contributed by atoms with Gasteiger partial charge in [-0.05, 0) is 18.1 Å². The van der Waals surface area contributed by atoms with Crippen molar-refractivity contribution in [2.45, 2.75) is 19.4 Å². The first-order valence-electron chi connectivity index (χ1n) is 8.55. The number of carboxylic acid groups (broad SMARTS) is 1. The molecule has 1 aromatic carbocycles. The van der Waals surface area contributed by atoms with E-state index in [4.69, 9.17) is 16.3 Å². The van der Waals surface area contributed by atoms with E-state index in [1.54, 1.807) is 6.07 Å². The van der Waals surface area contributed by atoms with Crippen molar-refractivity contribution in [2.24, 2.45) is 11.3 Å². The summed E-state index contributed by atoms with van der Waals surface area (Å²) < 4.78 is 5.45. The Hall–Kier alpha value is -1.63. The van der Waals surface area contributed by atoms with E-state index in [1.165, 1.54) is 0 Å². The molecule has 6 nitrogen and oxygen atoms in total. The van der Waals surface area contributed by atoms with E-state index >= 15 is 0 Å². The lowest BCUT2D eigenvalue weighted by Gasteiger charge is -2.34. The molecule has 0 spiro atoms. The summed E-state index contributed by atoms with van der Waals surface area (Å²) in [6, 6.07) is 7.40. The van der Waals surface area contributed by atoms with Crippen molar-refractivity contribution in [1.82, 2.24) is 10.2 Å². The number of halogens is 1. The minimum absolute atomic E-state index is 0.00457. The third-order valence-corrected chi connectivity index (χ3v) is 5.66. The fourth-order valence-electron chi connectivity index (χ4n) is 3.76. The van der Waals surface area contributed by atoms with Crippen LogP contribution in [0.1, 0.15) is 18.4 Å². The summed E-state index contributed by atoms with van der Waals surface area (Å²) in [5.74, 6) is -0.799. The number of carbonyl (C=O) groups excluding carboxylic acids is 1. The Morgan fingerprint density at radius 1 is 1.40 bits per heavy atom. The molecule has 25 heavy (non-hydrogen) atoms. The van der Waals surface area contributed by atoms with Gasteiger partial charge in [-0.15, -0.1) is 0 Å². The van der Waals surface area contributed by atoms with Gasteiger partial charge >= 0.3 is 5.97 Å². The van der Waals surface area contributed by atoms with Gasteiger partial charge in [0.1, 0.15) is 0 Å². The van der Waals surface area contributed by atoms with E-state index in [0.717, 1.165) is 5.56 Å². The van der Waals surface area contributed by atoms with Crippen molar-refractivity contribution >= 4 is 23.5 Å². The second kappa shape index (κ2) is 7.72. The first-order valence-corrected chi connectivity index (χ1v) is 8.93. The van der Waals surface area contributed by atoms with Crippen molar-refractivity contribution in [3.05, 3.63) is 34.9 Å². The number of amides is 1. The zero-order valence-electron chi connectivity index (χ0n) is 14.0. The fraction of sp³-hybridized carbons (Fsp3) is 0.556. The molecular formula is C18H23ClN2O4. The fourth-order valence-corrected chi connectivity index (χ4v) is 3.96. The summed E-state index contributed by atoms with van der Waals surface area (Å²) in [6.45, 7) is 3.10. The molecule has 2 N–H and O–H groups in total. The summed E-state index contributed by atoms with van der Waals surface area (Å²) in [5, 5.41) is 13.2. The van der Waals surface area contributed by atoms with Crippen LogP contribution >= 0.6 is 11.6 Å². The van der Waals surface area contributed by atoms with E-state index in [1.807, 2.05) is 18.2 Å². The number of rotatable bonds is 6. The van der Waals surface area contributed by atoms with Crippen LogP contribution in [0.4, 0.5) is 0 Å². The van der Waals surface area contributed by atoms with E-state index in [0.29, 0.717) is 57.3 Å². The standard InChI is InChI=1S/C18H23ClN2O4/c19-15-4-2-1-3-13(15)9-20-16(22)5-7-21-10-14-11-25-8-6-18(14,12-21)17(23)24/h1-4,14H,5-12H2,(H,20,22)(H,23,24)/t14-,18+/m1/s1. The van der Waals surface area contributed by atoms with Gasteiger partial charge in [-0.3, -0.25) is 9.59 Å². The number of ether oxygens (including phenoxy) is 1. The van der Waals surface area contributed by atoms with Crippen molar-refractivity contribution < 1.29 is 19.4 Å². The highest BCUT2D eigenvalue weighted by Crippen LogP contribution is 2.42. The lowest BCUT2D eigenvalue weighted by Crippen LogP contribution is -2.44. The molecule has 0 aliphatic carbocycles. The minimum Gasteiger partial charge on any atom is -0.481 e. The lowest BCUT2D eigenvalue weighted by atomic mass is 9.74. The normalized spacial score (nSPS) is 26.2. The molecular weight excluding hydrogens is 344 g/mol. The van der Waals surface area contributed by atoms with E-state index in [9.17, 15) is 14.7 Å².